The maximum atomic E-state index is 6.11. The van der Waals surface area contributed by atoms with Crippen LogP contribution >= 0.6 is 11.6 Å². The highest BCUT2D eigenvalue weighted by Gasteiger charge is 2.18. The van der Waals surface area contributed by atoms with E-state index in [2.05, 4.69) is 38.2 Å². The summed E-state index contributed by atoms with van der Waals surface area (Å²) in [5.74, 6) is 0.721. The fourth-order valence-corrected chi connectivity index (χ4v) is 2.56. The van der Waals surface area contributed by atoms with Gasteiger partial charge in [-0.15, -0.1) is 0 Å². The van der Waals surface area contributed by atoms with E-state index in [1.54, 1.807) is 7.11 Å². The maximum absolute atomic E-state index is 6.11. The first-order chi connectivity index (χ1) is 8.84. The molecular weight excluding hydrogens is 260 g/mol. The standard InChI is InChI=1S/C15H25ClN2O/c1-15(2,11-18(3)4)10-17-9-12-6-7-14(19-5)13(16)8-12/h6-8,17H,9-11H2,1-5H3. The van der Waals surface area contributed by atoms with Crippen LogP contribution in [0.5, 0.6) is 5.75 Å². The number of ether oxygens (including phenoxy) is 1. The van der Waals surface area contributed by atoms with Gasteiger partial charge in [0.1, 0.15) is 5.75 Å². The van der Waals surface area contributed by atoms with Gasteiger partial charge < -0.3 is 15.0 Å². The van der Waals surface area contributed by atoms with Crippen molar-refractivity contribution in [1.82, 2.24) is 10.2 Å². The second-order valence-electron chi connectivity index (χ2n) is 5.97. The third-order valence-electron chi connectivity index (χ3n) is 2.89. The van der Waals surface area contributed by atoms with E-state index in [9.17, 15) is 0 Å². The van der Waals surface area contributed by atoms with Crippen molar-refractivity contribution in [3.8, 4) is 5.75 Å². The molecule has 0 atom stereocenters. The molecule has 108 valence electrons. The van der Waals surface area contributed by atoms with Crippen LogP contribution in [0.25, 0.3) is 0 Å². The van der Waals surface area contributed by atoms with Gasteiger partial charge in [0, 0.05) is 19.6 Å². The van der Waals surface area contributed by atoms with Gasteiger partial charge in [-0.1, -0.05) is 31.5 Å². The lowest BCUT2D eigenvalue weighted by molar-refractivity contribution is 0.232. The van der Waals surface area contributed by atoms with E-state index in [4.69, 9.17) is 16.3 Å². The quantitative estimate of drug-likeness (QED) is 0.833. The Morgan fingerprint density at radius 3 is 2.53 bits per heavy atom. The van der Waals surface area contributed by atoms with Crippen LogP contribution in [0.15, 0.2) is 18.2 Å². The number of benzene rings is 1. The zero-order valence-electron chi connectivity index (χ0n) is 12.6. The third-order valence-corrected chi connectivity index (χ3v) is 3.19. The number of rotatable bonds is 7. The van der Waals surface area contributed by atoms with Crippen LogP contribution in [0, 0.1) is 5.41 Å². The van der Waals surface area contributed by atoms with Gasteiger partial charge in [-0.25, -0.2) is 0 Å². The maximum Gasteiger partial charge on any atom is 0.137 e. The van der Waals surface area contributed by atoms with Crippen LogP contribution in [0.4, 0.5) is 0 Å². The lowest BCUT2D eigenvalue weighted by Gasteiger charge is -2.28. The summed E-state index contributed by atoms with van der Waals surface area (Å²) in [5, 5.41) is 4.15. The Labute approximate surface area is 121 Å². The molecule has 19 heavy (non-hydrogen) atoms. The van der Waals surface area contributed by atoms with Crippen LogP contribution in [0.3, 0.4) is 0 Å². The molecule has 0 saturated heterocycles. The third kappa shape index (κ3) is 5.81. The SMILES string of the molecule is COc1ccc(CNCC(C)(C)CN(C)C)cc1Cl. The molecule has 0 spiro atoms. The van der Waals surface area contributed by atoms with Gasteiger partial charge >= 0.3 is 0 Å². The molecule has 0 unspecified atom stereocenters. The predicted molar refractivity (Wildman–Crippen MR) is 82.0 cm³/mol. The molecule has 0 bridgehead atoms. The van der Waals surface area contributed by atoms with Crippen molar-refractivity contribution in [3.63, 3.8) is 0 Å². The van der Waals surface area contributed by atoms with E-state index in [0.29, 0.717) is 5.02 Å². The summed E-state index contributed by atoms with van der Waals surface area (Å²) in [4.78, 5) is 2.21. The largest absolute Gasteiger partial charge is 0.495 e. The van der Waals surface area contributed by atoms with Crippen molar-refractivity contribution in [2.45, 2.75) is 20.4 Å². The van der Waals surface area contributed by atoms with E-state index in [1.165, 1.54) is 5.56 Å². The molecule has 0 saturated carbocycles. The highest BCUT2D eigenvalue weighted by Crippen LogP contribution is 2.25. The highest BCUT2D eigenvalue weighted by atomic mass is 35.5. The fourth-order valence-electron chi connectivity index (χ4n) is 2.28. The topological polar surface area (TPSA) is 24.5 Å². The molecule has 1 N–H and O–H groups in total. The first kappa shape index (κ1) is 16.3. The van der Waals surface area contributed by atoms with E-state index >= 15 is 0 Å². The molecule has 0 aromatic heterocycles. The van der Waals surface area contributed by atoms with Crippen LogP contribution in [-0.4, -0.2) is 39.2 Å². The molecule has 1 rings (SSSR count). The molecule has 4 heteroatoms. The zero-order chi connectivity index (χ0) is 14.5. The molecule has 0 aliphatic carbocycles. The number of hydrogen-bond donors (Lipinski definition) is 1. The molecule has 0 heterocycles. The second-order valence-corrected chi connectivity index (χ2v) is 6.38. The average molecular weight is 285 g/mol. The van der Waals surface area contributed by atoms with Crippen LogP contribution in [-0.2, 0) is 6.54 Å². The van der Waals surface area contributed by atoms with Gasteiger partial charge in [-0.3, -0.25) is 0 Å². The van der Waals surface area contributed by atoms with Gasteiger partial charge in [0.2, 0.25) is 0 Å². The number of methoxy groups -OCH3 is 1. The Morgan fingerprint density at radius 1 is 1.32 bits per heavy atom. The Hall–Kier alpha value is -0.770. The van der Waals surface area contributed by atoms with E-state index in [0.717, 1.165) is 25.4 Å². The zero-order valence-corrected chi connectivity index (χ0v) is 13.3. The minimum Gasteiger partial charge on any atom is -0.495 e. The summed E-state index contributed by atoms with van der Waals surface area (Å²) in [6.07, 6.45) is 0. The molecule has 0 aliphatic rings. The Kier molecular flexibility index (Phi) is 6.11. The summed E-state index contributed by atoms with van der Waals surface area (Å²) in [5.41, 5.74) is 1.42. The number of nitrogens with one attached hydrogen (secondary N) is 1. The van der Waals surface area contributed by atoms with Gasteiger partial charge in [-0.05, 0) is 37.2 Å². The second kappa shape index (κ2) is 7.13. The molecule has 1 aromatic rings. The average Bonchev–Trinajstić information content (AvgIpc) is 2.27. The van der Waals surface area contributed by atoms with Crippen molar-refractivity contribution in [2.75, 3.05) is 34.3 Å². The number of halogens is 1. The minimum atomic E-state index is 0.250. The highest BCUT2D eigenvalue weighted by molar-refractivity contribution is 6.32. The lowest BCUT2D eigenvalue weighted by Crippen LogP contribution is -2.37. The number of nitrogens with zero attached hydrogens (tertiary/aromatic N) is 1. The van der Waals surface area contributed by atoms with Gasteiger partial charge in [0.15, 0.2) is 0 Å². The normalized spacial score (nSPS) is 11.9. The van der Waals surface area contributed by atoms with Crippen molar-refractivity contribution < 1.29 is 4.74 Å². The van der Waals surface area contributed by atoms with Gasteiger partial charge in [0.25, 0.3) is 0 Å². The number of hydrogen-bond acceptors (Lipinski definition) is 3. The molecule has 0 amide bonds. The van der Waals surface area contributed by atoms with Crippen molar-refractivity contribution in [3.05, 3.63) is 28.8 Å². The van der Waals surface area contributed by atoms with Crippen LogP contribution < -0.4 is 10.1 Å². The monoisotopic (exact) mass is 284 g/mol. The van der Waals surface area contributed by atoms with Crippen LogP contribution in [0.1, 0.15) is 19.4 Å². The Bertz CT molecular complexity index is 405. The van der Waals surface area contributed by atoms with E-state index < -0.39 is 0 Å². The minimum absolute atomic E-state index is 0.250. The summed E-state index contributed by atoms with van der Waals surface area (Å²) < 4.78 is 5.14. The summed E-state index contributed by atoms with van der Waals surface area (Å²) in [6, 6.07) is 5.90. The Balaban J connectivity index is 2.47. The van der Waals surface area contributed by atoms with E-state index in [1.807, 2.05) is 18.2 Å². The predicted octanol–water partition coefficient (Wildman–Crippen LogP) is 3.03. The van der Waals surface area contributed by atoms with Crippen molar-refractivity contribution in [2.24, 2.45) is 5.41 Å². The first-order valence-electron chi connectivity index (χ1n) is 6.52. The van der Waals surface area contributed by atoms with Crippen molar-refractivity contribution in [1.29, 1.82) is 0 Å². The molecular formula is C15H25ClN2O. The Morgan fingerprint density at radius 2 is 2.00 bits per heavy atom. The van der Waals surface area contributed by atoms with Crippen molar-refractivity contribution >= 4 is 11.6 Å². The summed E-state index contributed by atoms with van der Waals surface area (Å²) in [7, 11) is 5.83. The molecule has 0 fully saturated rings. The van der Waals surface area contributed by atoms with E-state index in [-0.39, 0.29) is 5.41 Å². The van der Waals surface area contributed by atoms with Crippen LogP contribution in [0.2, 0.25) is 5.02 Å². The summed E-state index contributed by atoms with van der Waals surface area (Å²) >= 11 is 6.11. The molecule has 1 aromatic carbocycles. The first-order valence-corrected chi connectivity index (χ1v) is 6.90. The van der Waals surface area contributed by atoms with Gasteiger partial charge in [0.05, 0.1) is 12.1 Å². The smallest absolute Gasteiger partial charge is 0.137 e. The molecule has 0 radical (unpaired) electrons. The lowest BCUT2D eigenvalue weighted by atomic mass is 9.93. The summed E-state index contributed by atoms with van der Waals surface area (Å²) in [6.45, 7) is 7.38. The molecule has 3 nitrogen and oxygen atoms in total. The fraction of sp³-hybridized carbons (Fsp3) is 0.600. The molecule has 0 aliphatic heterocycles. The van der Waals surface area contributed by atoms with Gasteiger partial charge in [-0.2, -0.15) is 0 Å².